The van der Waals surface area contributed by atoms with Crippen molar-refractivity contribution in [3.8, 4) is 17.0 Å². The number of ether oxygens (including phenoxy) is 2. The summed E-state index contributed by atoms with van der Waals surface area (Å²) in [6, 6.07) is 13.7. The topological polar surface area (TPSA) is 134 Å². The highest BCUT2D eigenvalue weighted by molar-refractivity contribution is 6.25. The third-order valence-corrected chi connectivity index (χ3v) is 7.36. The van der Waals surface area contributed by atoms with Gasteiger partial charge >= 0.3 is 12.1 Å². The van der Waals surface area contributed by atoms with E-state index in [1.807, 2.05) is 29.3 Å². The number of hydrogen-bond donors (Lipinski definition) is 2. The van der Waals surface area contributed by atoms with Crippen LogP contribution in [0.25, 0.3) is 11.3 Å². The monoisotopic (exact) mass is 516 g/mol. The summed E-state index contributed by atoms with van der Waals surface area (Å²) in [5, 5.41) is 10.8. The first-order valence-corrected chi connectivity index (χ1v) is 12.7. The number of para-hydroxylation sites is 1. The molecule has 3 N–H and O–H groups in total. The van der Waals surface area contributed by atoms with Crippen LogP contribution in [0, 0.1) is 0 Å². The summed E-state index contributed by atoms with van der Waals surface area (Å²) in [5.74, 6) is 0.354. The van der Waals surface area contributed by atoms with Gasteiger partial charge in [0.15, 0.2) is 5.78 Å². The first-order valence-electron chi connectivity index (χ1n) is 12.7. The second-order valence-electron chi connectivity index (χ2n) is 9.55. The average molecular weight is 517 g/mol. The van der Waals surface area contributed by atoms with Crippen LogP contribution in [-0.4, -0.2) is 77.4 Å². The molecule has 0 atom stereocenters. The molecule has 2 fully saturated rings. The number of urea groups is 1. The minimum atomic E-state index is -0.658. The molecule has 0 unspecified atom stereocenters. The minimum Gasteiger partial charge on any atom is -0.410 e. The number of ketones is 1. The SMILES string of the molecule is NC(=O)N(c1cccc2c1C(=O)c1c-2n[nH]c1C1CCN(C(=O)Oc2ccccc2)CC1)N1CCOCC1. The number of morpholine rings is 1. The van der Waals surface area contributed by atoms with Gasteiger partial charge in [-0.1, -0.05) is 30.3 Å². The Labute approximate surface area is 219 Å². The maximum Gasteiger partial charge on any atom is 0.415 e. The van der Waals surface area contributed by atoms with Gasteiger partial charge in [-0.15, -0.1) is 0 Å². The van der Waals surface area contributed by atoms with Crippen LogP contribution < -0.4 is 15.5 Å². The molecule has 11 nitrogen and oxygen atoms in total. The summed E-state index contributed by atoms with van der Waals surface area (Å²) in [6.45, 7) is 2.92. The highest BCUT2D eigenvalue weighted by Gasteiger charge is 2.40. The Morgan fingerprint density at radius 3 is 2.45 bits per heavy atom. The van der Waals surface area contributed by atoms with E-state index in [9.17, 15) is 14.4 Å². The Bertz CT molecular complexity index is 1380. The molecule has 2 aromatic carbocycles. The number of benzene rings is 2. The fourth-order valence-electron chi connectivity index (χ4n) is 5.52. The van der Waals surface area contributed by atoms with Gasteiger partial charge in [-0.3, -0.25) is 9.89 Å². The molecule has 3 amide bonds. The fraction of sp³-hybridized carbons (Fsp3) is 0.333. The Hall–Kier alpha value is -4.22. The first kappa shape index (κ1) is 24.1. The van der Waals surface area contributed by atoms with Crippen molar-refractivity contribution in [2.75, 3.05) is 44.4 Å². The molecule has 0 radical (unpaired) electrons. The largest absolute Gasteiger partial charge is 0.415 e. The molecule has 3 aliphatic rings. The number of nitrogens with one attached hydrogen (secondary N) is 1. The van der Waals surface area contributed by atoms with Gasteiger partial charge in [-0.05, 0) is 31.0 Å². The number of aromatic nitrogens is 2. The summed E-state index contributed by atoms with van der Waals surface area (Å²) in [7, 11) is 0. The molecule has 6 rings (SSSR count). The predicted molar refractivity (Wildman–Crippen MR) is 138 cm³/mol. The van der Waals surface area contributed by atoms with Crippen LogP contribution in [0.2, 0.25) is 0 Å². The lowest BCUT2D eigenvalue weighted by Gasteiger charge is -2.36. The Balaban J connectivity index is 1.22. The van der Waals surface area contributed by atoms with E-state index < -0.39 is 6.03 Å². The number of rotatable bonds is 4. The van der Waals surface area contributed by atoms with Crippen molar-refractivity contribution < 1.29 is 23.9 Å². The van der Waals surface area contributed by atoms with E-state index in [0.717, 1.165) is 5.69 Å². The average Bonchev–Trinajstić information content (AvgIpc) is 3.50. The number of piperidine rings is 1. The van der Waals surface area contributed by atoms with Crippen molar-refractivity contribution in [3.05, 3.63) is 65.4 Å². The number of H-pyrrole nitrogens is 1. The number of primary amides is 1. The van der Waals surface area contributed by atoms with Gasteiger partial charge in [0.2, 0.25) is 0 Å². The molecule has 38 heavy (non-hydrogen) atoms. The zero-order chi connectivity index (χ0) is 26.2. The second-order valence-corrected chi connectivity index (χ2v) is 9.55. The van der Waals surface area contributed by atoms with Crippen LogP contribution in [0.4, 0.5) is 15.3 Å². The van der Waals surface area contributed by atoms with Crippen molar-refractivity contribution in [2.45, 2.75) is 18.8 Å². The number of aromatic amines is 1. The van der Waals surface area contributed by atoms with Crippen LogP contribution in [0.5, 0.6) is 5.75 Å². The second kappa shape index (κ2) is 9.92. The first-order chi connectivity index (χ1) is 18.5. The van der Waals surface area contributed by atoms with E-state index in [1.165, 1.54) is 5.01 Å². The number of carbonyl (C=O) groups excluding carboxylic acids is 3. The lowest BCUT2D eigenvalue weighted by Crippen LogP contribution is -2.54. The van der Waals surface area contributed by atoms with Crippen LogP contribution >= 0.6 is 0 Å². The molecule has 0 bridgehead atoms. The summed E-state index contributed by atoms with van der Waals surface area (Å²) in [4.78, 5) is 40.7. The van der Waals surface area contributed by atoms with E-state index in [2.05, 4.69) is 10.2 Å². The summed E-state index contributed by atoms with van der Waals surface area (Å²) in [5.41, 5.74) is 9.21. The number of likely N-dealkylation sites (tertiary alicyclic amines) is 1. The lowest BCUT2D eigenvalue weighted by molar-refractivity contribution is 0.0364. The minimum absolute atomic E-state index is 0.0280. The molecular weight excluding hydrogens is 488 g/mol. The quantitative estimate of drug-likeness (QED) is 0.426. The summed E-state index contributed by atoms with van der Waals surface area (Å²) >= 11 is 0. The maximum absolute atomic E-state index is 13.9. The van der Waals surface area contributed by atoms with Crippen LogP contribution in [0.3, 0.4) is 0 Å². The van der Waals surface area contributed by atoms with E-state index in [1.54, 1.807) is 29.2 Å². The van der Waals surface area contributed by atoms with E-state index >= 15 is 0 Å². The van der Waals surface area contributed by atoms with Crippen LogP contribution in [-0.2, 0) is 4.74 Å². The molecule has 3 aromatic rings. The summed E-state index contributed by atoms with van der Waals surface area (Å²) < 4.78 is 10.9. The summed E-state index contributed by atoms with van der Waals surface area (Å²) in [6.07, 6.45) is 0.944. The van der Waals surface area contributed by atoms with Gasteiger partial charge in [0.05, 0.1) is 35.7 Å². The van der Waals surface area contributed by atoms with Gasteiger partial charge in [-0.2, -0.15) is 5.10 Å². The van der Waals surface area contributed by atoms with E-state index in [-0.39, 0.29) is 17.8 Å². The van der Waals surface area contributed by atoms with Gasteiger partial charge in [0.25, 0.3) is 0 Å². The molecular formula is C27H28N6O5. The Kier molecular flexibility index (Phi) is 6.30. The number of fused-ring (bicyclic) bond motifs is 3. The number of amides is 3. The number of hydrazine groups is 1. The molecule has 11 heteroatoms. The van der Waals surface area contributed by atoms with Gasteiger partial charge in [0.1, 0.15) is 11.4 Å². The number of nitrogens with zero attached hydrogens (tertiary/aromatic N) is 4. The number of carbonyl (C=O) groups is 3. The normalized spacial score (nSPS) is 17.7. The highest BCUT2D eigenvalue weighted by Crippen LogP contribution is 2.44. The number of anilines is 1. The molecule has 2 aliphatic heterocycles. The molecule has 0 spiro atoms. The van der Waals surface area contributed by atoms with E-state index in [0.29, 0.717) is 86.1 Å². The Morgan fingerprint density at radius 1 is 1.00 bits per heavy atom. The zero-order valence-electron chi connectivity index (χ0n) is 20.8. The van der Waals surface area contributed by atoms with Gasteiger partial charge < -0.3 is 20.1 Å². The fourth-order valence-corrected chi connectivity index (χ4v) is 5.52. The molecule has 1 aliphatic carbocycles. The van der Waals surface area contributed by atoms with Gasteiger partial charge in [-0.25, -0.2) is 19.6 Å². The third-order valence-electron chi connectivity index (χ3n) is 7.36. The zero-order valence-corrected chi connectivity index (χ0v) is 20.8. The molecule has 3 heterocycles. The Morgan fingerprint density at radius 2 is 1.74 bits per heavy atom. The third kappa shape index (κ3) is 4.19. The van der Waals surface area contributed by atoms with Crippen molar-refractivity contribution >= 4 is 23.6 Å². The maximum atomic E-state index is 13.9. The molecule has 1 aromatic heterocycles. The molecule has 2 saturated heterocycles. The molecule has 196 valence electrons. The number of hydrogen-bond acceptors (Lipinski definition) is 7. The van der Waals surface area contributed by atoms with Gasteiger partial charge in [0, 0.05) is 37.7 Å². The van der Waals surface area contributed by atoms with Crippen LogP contribution in [0.1, 0.15) is 40.4 Å². The van der Waals surface area contributed by atoms with Crippen LogP contribution in [0.15, 0.2) is 48.5 Å². The lowest BCUT2D eigenvalue weighted by atomic mass is 9.90. The van der Waals surface area contributed by atoms with E-state index in [4.69, 9.17) is 15.2 Å². The smallest absolute Gasteiger partial charge is 0.410 e. The van der Waals surface area contributed by atoms with Crippen molar-refractivity contribution in [3.63, 3.8) is 0 Å². The molecule has 0 saturated carbocycles. The highest BCUT2D eigenvalue weighted by atomic mass is 16.6. The van der Waals surface area contributed by atoms with Crippen molar-refractivity contribution in [1.82, 2.24) is 20.1 Å². The van der Waals surface area contributed by atoms with Crippen molar-refractivity contribution in [1.29, 1.82) is 0 Å². The standard InChI is InChI=1S/C27H28N6O5/c28-26(35)33(32-13-15-37-16-14-32)20-8-4-7-19-21(20)25(34)22-23(29-30-24(19)22)17-9-11-31(12-10-17)27(36)38-18-5-2-1-3-6-18/h1-8,17H,9-16H2,(H2,28,35)(H,29,30). The predicted octanol–water partition coefficient (Wildman–Crippen LogP) is 3.13. The number of nitrogens with two attached hydrogens (primary N) is 1. The van der Waals surface area contributed by atoms with Crippen molar-refractivity contribution in [2.24, 2.45) is 5.73 Å².